The van der Waals surface area contributed by atoms with E-state index >= 15 is 0 Å². The molecule has 5 heteroatoms. The van der Waals surface area contributed by atoms with Gasteiger partial charge in [-0.1, -0.05) is 13.8 Å². The second-order valence-electron chi connectivity index (χ2n) is 5.96. The Morgan fingerprint density at radius 1 is 1.30 bits per heavy atom. The average Bonchev–Trinajstić information content (AvgIpc) is 2.78. The van der Waals surface area contributed by atoms with Gasteiger partial charge in [0.05, 0.1) is 5.39 Å². The molecule has 1 aliphatic rings. The number of halogens is 1. The lowest BCUT2D eigenvalue weighted by Gasteiger charge is -2.34. The molecule has 1 saturated heterocycles. The molecule has 108 valence electrons. The molecule has 0 saturated carbocycles. The van der Waals surface area contributed by atoms with Crippen molar-refractivity contribution in [2.75, 3.05) is 18.0 Å². The second kappa shape index (κ2) is 5.49. The third-order valence-electron chi connectivity index (χ3n) is 4.25. The zero-order valence-electron chi connectivity index (χ0n) is 12.2. The largest absolute Gasteiger partial charge is 0.356 e. The molecule has 1 aliphatic heterocycles. The van der Waals surface area contributed by atoms with Gasteiger partial charge in [-0.15, -0.1) is 11.3 Å². The Hall–Kier alpha value is -0.870. The highest BCUT2D eigenvalue weighted by atomic mass is 35.5. The average molecular weight is 310 g/mol. The maximum absolute atomic E-state index is 6.09. The fourth-order valence-electron chi connectivity index (χ4n) is 3.02. The summed E-state index contributed by atoms with van der Waals surface area (Å²) in [5.74, 6) is 2.63. The summed E-state index contributed by atoms with van der Waals surface area (Å²) in [6.07, 6.45) is 2.48. The van der Waals surface area contributed by atoms with Crippen molar-refractivity contribution in [3.63, 3.8) is 0 Å². The van der Waals surface area contributed by atoms with Crippen molar-refractivity contribution in [3.8, 4) is 0 Å². The first-order chi connectivity index (χ1) is 9.54. The second-order valence-corrected chi connectivity index (χ2v) is 7.53. The summed E-state index contributed by atoms with van der Waals surface area (Å²) in [4.78, 5) is 13.5. The van der Waals surface area contributed by atoms with Crippen LogP contribution in [0.5, 0.6) is 0 Å². The van der Waals surface area contributed by atoms with Crippen LogP contribution in [0.3, 0.4) is 0 Å². The molecule has 20 heavy (non-hydrogen) atoms. The number of piperidine rings is 1. The molecule has 0 aliphatic carbocycles. The summed E-state index contributed by atoms with van der Waals surface area (Å²) < 4.78 is 0. The van der Waals surface area contributed by atoms with E-state index in [4.69, 9.17) is 11.6 Å². The molecule has 0 radical (unpaired) electrons. The van der Waals surface area contributed by atoms with Crippen LogP contribution >= 0.6 is 22.9 Å². The monoisotopic (exact) mass is 309 g/mol. The molecule has 0 N–H and O–H groups in total. The molecule has 0 amide bonds. The summed E-state index contributed by atoms with van der Waals surface area (Å²) in [6, 6.07) is 2.18. The van der Waals surface area contributed by atoms with E-state index < -0.39 is 0 Å². The van der Waals surface area contributed by atoms with Crippen LogP contribution in [0.15, 0.2) is 6.07 Å². The molecule has 0 unspecified atom stereocenters. The lowest BCUT2D eigenvalue weighted by Crippen LogP contribution is -2.35. The topological polar surface area (TPSA) is 29.0 Å². The smallest absolute Gasteiger partial charge is 0.225 e. The number of hydrogen-bond acceptors (Lipinski definition) is 4. The first-order valence-electron chi connectivity index (χ1n) is 7.23. The molecule has 3 rings (SSSR count). The zero-order valence-corrected chi connectivity index (χ0v) is 13.8. The Kier molecular flexibility index (Phi) is 3.87. The number of thiophene rings is 1. The van der Waals surface area contributed by atoms with E-state index in [0.717, 1.165) is 41.0 Å². The maximum Gasteiger partial charge on any atom is 0.225 e. The number of rotatable bonds is 2. The summed E-state index contributed by atoms with van der Waals surface area (Å²) in [7, 11) is 0. The van der Waals surface area contributed by atoms with Gasteiger partial charge >= 0.3 is 0 Å². The number of nitrogens with zero attached hydrogens (tertiary/aromatic N) is 3. The van der Waals surface area contributed by atoms with Gasteiger partial charge in [0.1, 0.15) is 10.6 Å². The molecule has 0 aromatic carbocycles. The Bertz CT molecular complexity index is 615. The minimum absolute atomic E-state index is 0.361. The van der Waals surface area contributed by atoms with E-state index in [1.165, 1.54) is 17.7 Å². The van der Waals surface area contributed by atoms with Gasteiger partial charge in [0.2, 0.25) is 5.28 Å². The van der Waals surface area contributed by atoms with Crippen LogP contribution in [-0.4, -0.2) is 23.1 Å². The van der Waals surface area contributed by atoms with Crippen molar-refractivity contribution in [2.24, 2.45) is 11.8 Å². The van der Waals surface area contributed by atoms with Crippen LogP contribution in [0.2, 0.25) is 5.28 Å². The summed E-state index contributed by atoms with van der Waals surface area (Å²) in [5.41, 5.74) is 0. The summed E-state index contributed by atoms with van der Waals surface area (Å²) >= 11 is 7.78. The molecule has 3 heterocycles. The van der Waals surface area contributed by atoms with Gasteiger partial charge in [0, 0.05) is 18.0 Å². The van der Waals surface area contributed by atoms with Crippen LogP contribution in [0, 0.1) is 18.8 Å². The number of aryl methyl sites for hydroxylation is 1. The van der Waals surface area contributed by atoms with Crippen molar-refractivity contribution in [1.29, 1.82) is 0 Å². The molecule has 1 fully saturated rings. The van der Waals surface area contributed by atoms with Crippen molar-refractivity contribution in [1.82, 2.24) is 9.97 Å². The Morgan fingerprint density at radius 2 is 2.00 bits per heavy atom. The van der Waals surface area contributed by atoms with E-state index in [9.17, 15) is 0 Å². The van der Waals surface area contributed by atoms with Gasteiger partial charge in [-0.2, -0.15) is 4.98 Å². The van der Waals surface area contributed by atoms with Crippen LogP contribution in [0.1, 0.15) is 31.6 Å². The minimum Gasteiger partial charge on any atom is -0.356 e. The highest BCUT2D eigenvalue weighted by Gasteiger charge is 2.24. The Labute approximate surface area is 129 Å². The molecule has 2 aromatic rings. The molecule has 0 atom stereocenters. The summed E-state index contributed by atoms with van der Waals surface area (Å²) in [6.45, 7) is 8.89. The predicted octanol–water partition coefficient (Wildman–Crippen LogP) is 4.53. The molecule has 2 aromatic heterocycles. The Morgan fingerprint density at radius 3 is 2.65 bits per heavy atom. The van der Waals surface area contributed by atoms with Crippen molar-refractivity contribution < 1.29 is 0 Å². The third kappa shape index (κ3) is 2.63. The van der Waals surface area contributed by atoms with E-state index in [0.29, 0.717) is 5.28 Å². The third-order valence-corrected chi connectivity index (χ3v) is 5.36. The quantitative estimate of drug-likeness (QED) is 0.763. The van der Waals surface area contributed by atoms with Crippen LogP contribution in [0.25, 0.3) is 10.2 Å². The van der Waals surface area contributed by atoms with E-state index in [-0.39, 0.29) is 0 Å². The summed E-state index contributed by atoms with van der Waals surface area (Å²) in [5, 5.41) is 1.51. The first kappa shape index (κ1) is 14.1. The zero-order chi connectivity index (χ0) is 14.3. The van der Waals surface area contributed by atoms with Gasteiger partial charge in [0.15, 0.2) is 0 Å². The van der Waals surface area contributed by atoms with Gasteiger partial charge in [-0.05, 0) is 49.3 Å². The van der Waals surface area contributed by atoms with Gasteiger partial charge in [0.25, 0.3) is 0 Å². The van der Waals surface area contributed by atoms with Gasteiger partial charge < -0.3 is 4.90 Å². The number of hydrogen-bond donors (Lipinski definition) is 0. The first-order valence-corrected chi connectivity index (χ1v) is 8.42. The van der Waals surface area contributed by atoms with E-state index in [2.05, 4.69) is 41.7 Å². The van der Waals surface area contributed by atoms with Crippen LogP contribution < -0.4 is 4.90 Å². The van der Waals surface area contributed by atoms with Crippen molar-refractivity contribution in [3.05, 3.63) is 16.2 Å². The molecular weight excluding hydrogens is 290 g/mol. The highest BCUT2D eigenvalue weighted by Crippen LogP contribution is 2.34. The van der Waals surface area contributed by atoms with Crippen molar-refractivity contribution >= 4 is 39.0 Å². The minimum atomic E-state index is 0.361. The number of anilines is 1. The SMILES string of the molecule is Cc1cc2c(N3CCC(C(C)C)CC3)nc(Cl)nc2s1. The Balaban J connectivity index is 1.91. The standard InChI is InChI=1S/C15H20ClN3S/c1-9(2)11-4-6-19(7-5-11)13-12-8-10(3)20-14(12)18-15(16)17-13/h8-9,11H,4-7H2,1-3H3. The van der Waals surface area contributed by atoms with Crippen LogP contribution in [0.4, 0.5) is 5.82 Å². The molecular formula is C15H20ClN3S. The maximum atomic E-state index is 6.09. The molecule has 0 spiro atoms. The highest BCUT2D eigenvalue weighted by molar-refractivity contribution is 7.18. The predicted molar refractivity (Wildman–Crippen MR) is 86.9 cm³/mol. The van der Waals surface area contributed by atoms with Crippen LogP contribution in [-0.2, 0) is 0 Å². The van der Waals surface area contributed by atoms with Gasteiger partial charge in [-0.3, -0.25) is 0 Å². The van der Waals surface area contributed by atoms with Gasteiger partial charge in [-0.25, -0.2) is 4.98 Å². The van der Waals surface area contributed by atoms with E-state index in [1.54, 1.807) is 11.3 Å². The fraction of sp³-hybridized carbons (Fsp3) is 0.600. The molecule has 3 nitrogen and oxygen atoms in total. The van der Waals surface area contributed by atoms with Crippen molar-refractivity contribution in [2.45, 2.75) is 33.6 Å². The lowest BCUT2D eigenvalue weighted by atomic mass is 9.87. The number of fused-ring (bicyclic) bond motifs is 1. The fourth-order valence-corrected chi connectivity index (χ4v) is 4.11. The lowest BCUT2D eigenvalue weighted by molar-refractivity contribution is 0.311. The number of aromatic nitrogens is 2. The molecule has 0 bridgehead atoms. The normalized spacial score (nSPS) is 17.4. The van der Waals surface area contributed by atoms with E-state index in [1.807, 2.05) is 0 Å².